The molecule has 0 N–H and O–H groups in total. The third-order valence-electron chi connectivity index (χ3n) is 2.41. The lowest BCUT2D eigenvalue weighted by molar-refractivity contribution is 0.656. The fraction of sp³-hybridized carbons (Fsp3) is 1.00. The molecular formula is C19H46. The van der Waals surface area contributed by atoms with Gasteiger partial charge in [-0.05, 0) is 0 Å². The Morgan fingerprint density at radius 1 is 0.316 bits per heavy atom. The Kier molecular flexibility index (Phi) is 61.9. The first kappa shape index (κ1) is 27.4. The molecule has 0 radical (unpaired) electrons. The molecule has 0 unspecified atom stereocenters. The molecule has 0 heteroatoms. The van der Waals surface area contributed by atoms with E-state index in [0.29, 0.717) is 0 Å². The van der Waals surface area contributed by atoms with E-state index in [1.807, 2.05) is 0 Å². The van der Waals surface area contributed by atoms with E-state index < -0.39 is 0 Å². The highest BCUT2D eigenvalue weighted by Gasteiger charge is 1.80. The van der Waals surface area contributed by atoms with Crippen LogP contribution in [0.5, 0.6) is 0 Å². The molecule has 0 aliphatic rings. The van der Waals surface area contributed by atoms with Gasteiger partial charge < -0.3 is 0 Å². The molecule has 0 aromatic heterocycles. The van der Waals surface area contributed by atoms with E-state index in [9.17, 15) is 0 Å². The third kappa shape index (κ3) is 94.0. The largest absolute Gasteiger partial charge is 0.0656 e. The average Bonchev–Trinajstić information content (AvgIpc) is 2.42. The highest BCUT2D eigenvalue weighted by molar-refractivity contribution is 4.35. The Hall–Kier alpha value is 0. The van der Waals surface area contributed by atoms with Gasteiger partial charge in [-0.25, -0.2) is 0 Å². The second kappa shape index (κ2) is 43.0. The Morgan fingerprint density at radius 3 is 0.684 bits per heavy atom. The minimum Gasteiger partial charge on any atom is -0.0656 e. The van der Waals surface area contributed by atoms with Crippen LogP contribution in [-0.4, -0.2) is 0 Å². The monoisotopic (exact) mass is 274 g/mol. The van der Waals surface area contributed by atoms with E-state index in [-0.39, 0.29) is 0 Å². The van der Waals surface area contributed by atoms with Crippen LogP contribution in [0.3, 0.4) is 0 Å². The molecule has 0 heterocycles. The maximum atomic E-state index is 2.25. The first-order valence-electron chi connectivity index (χ1n) is 9.16. The van der Waals surface area contributed by atoms with Gasteiger partial charge in [-0.15, -0.1) is 0 Å². The van der Waals surface area contributed by atoms with Crippen LogP contribution in [0.25, 0.3) is 0 Å². The molecule has 0 nitrogen and oxygen atoms in total. The molecule has 0 amide bonds. The van der Waals surface area contributed by atoms with Crippen LogP contribution >= 0.6 is 0 Å². The SMILES string of the molecule is CCC.CCCC.CCCCC.CCCCCCC. The molecule has 0 aromatic carbocycles. The fourth-order valence-corrected chi connectivity index (χ4v) is 1.03. The van der Waals surface area contributed by atoms with Crippen molar-refractivity contribution < 1.29 is 0 Å². The highest BCUT2D eigenvalue weighted by Crippen LogP contribution is 2.00. The summed E-state index contributed by atoms with van der Waals surface area (Å²) >= 11 is 0. The lowest BCUT2D eigenvalue weighted by Crippen LogP contribution is -1.70. The zero-order valence-electron chi connectivity index (χ0n) is 15.8. The van der Waals surface area contributed by atoms with Crippen molar-refractivity contribution in [2.75, 3.05) is 0 Å². The molecule has 0 saturated carbocycles. The predicted molar refractivity (Wildman–Crippen MR) is 96.2 cm³/mol. The standard InChI is InChI=1S/C7H16.C5H12.C4H10.C3H8/c1-3-5-7-6-4-2;1-3-5-4-2;1-3-4-2;1-3-2/h3-7H2,1-2H3;3-5H2,1-2H3;3-4H2,1-2H3;3H2,1-2H3. The normalized spacial score (nSPS) is 8.21. The van der Waals surface area contributed by atoms with Gasteiger partial charge in [-0.1, -0.05) is 126 Å². The van der Waals surface area contributed by atoms with Gasteiger partial charge in [0.2, 0.25) is 0 Å². The van der Waals surface area contributed by atoms with Crippen LogP contribution in [0.15, 0.2) is 0 Å². The predicted octanol–water partition coefficient (Wildman–Crippen LogP) is 8.40. The van der Waals surface area contributed by atoms with Crippen molar-refractivity contribution in [1.82, 2.24) is 0 Å². The van der Waals surface area contributed by atoms with Crippen LogP contribution in [0, 0.1) is 0 Å². The minimum atomic E-state index is 1.25. The molecule has 0 rings (SSSR count). The van der Waals surface area contributed by atoms with Crippen molar-refractivity contribution in [1.29, 1.82) is 0 Å². The number of rotatable bonds is 7. The van der Waals surface area contributed by atoms with Crippen LogP contribution in [0.4, 0.5) is 0 Å². The fourth-order valence-electron chi connectivity index (χ4n) is 1.03. The zero-order valence-corrected chi connectivity index (χ0v) is 15.8. The maximum absolute atomic E-state index is 2.25. The summed E-state index contributed by atoms with van der Waals surface area (Å²) in [5.41, 5.74) is 0. The van der Waals surface area contributed by atoms with Gasteiger partial charge in [0.05, 0.1) is 0 Å². The smallest absolute Gasteiger partial charge is 0.0533 e. The summed E-state index contributed by atoms with van der Waals surface area (Å²) in [7, 11) is 0. The molecule has 0 aliphatic carbocycles. The summed E-state index contributed by atoms with van der Waals surface area (Å²) in [6.07, 6.45) is 15.0. The van der Waals surface area contributed by atoms with Crippen LogP contribution in [0.2, 0.25) is 0 Å². The Balaban J connectivity index is -0.0000000833. The zero-order chi connectivity index (χ0) is 15.8. The van der Waals surface area contributed by atoms with Gasteiger partial charge >= 0.3 is 0 Å². The number of hydrogen-bond donors (Lipinski definition) is 0. The first-order chi connectivity index (χ1) is 9.16. The van der Waals surface area contributed by atoms with Crippen LogP contribution < -0.4 is 0 Å². The molecular weight excluding hydrogens is 228 g/mol. The summed E-state index contributed by atoms with van der Waals surface area (Å²) in [4.78, 5) is 0. The molecule has 19 heavy (non-hydrogen) atoms. The molecule has 0 bridgehead atoms. The van der Waals surface area contributed by atoms with E-state index in [4.69, 9.17) is 0 Å². The van der Waals surface area contributed by atoms with Gasteiger partial charge in [0, 0.05) is 0 Å². The summed E-state index contributed by atoms with van der Waals surface area (Å²) in [6, 6.07) is 0. The van der Waals surface area contributed by atoms with Gasteiger partial charge in [0.15, 0.2) is 0 Å². The second-order valence-electron chi connectivity index (χ2n) is 5.12. The summed E-state index contributed by atoms with van der Waals surface area (Å²) in [5, 5.41) is 0. The summed E-state index contributed by atoms with van der Waals surface area (Å²) in [5.74, 6) is 0. The highest BCUT2D eigenvalue weighted by atomic mass is 13.9. The van der Waals surface area contributed by atoms with Gasteiger partial charge in [0.1, 0.15) is 0 Å². The Morgan fingerprint density at radius 2 is 0.579 bits per heavy atom. The van der Waals surface area contributed by atoms with Crippen molar-refractivity contribution in [3.63, 3.8) is 0 Å². The first-order valence-corrected chi connectivity index (χ1v) is 9.16. The van der Waals surface area contributed by atoms with Crippen molar-refractivity contribution in [3.8, 4) is 0 Å². The van der Waals surface area contributed by atoms with Gasteiger partial charge in [-0.2, -0.15) is 0 Å². The lowest BCUT2D eigenvalue weighted by Gasteiger charge is -1.90. The summed E-state index contributed by atoms with van der Waals surface area (Å²) in [6.45, 7) is 17.5. The second-order valence-corrected chi connectivity index (χ2v) is 5.12. The topological polar surface area (TPSA) is 0 Å². The average molecular weight is 275 g/mol. The summed E-state index contributed by atoms with van der Waals surface area (Å²) < 4.78 is 0. The minimum absolute atomic E-state index is 1.25. The van der Waals surface area contributed by atoms with Crippen molar-refractivity contribution in [2.45, 2.75) is 126 Å². The molecule has 0 aromatic rings. The van der Waals surface area contributed by atoms with Crippen molar-refractivity contribution in [3.05, 3.63) is 0 Å². The van der Waals surface area contributed by atoms with Gasteiger partial charge in [-0.3, -0.25) is 0 Å². The van der Waals surface area contributed by atoms with E-state index in [1.54, 1.807) is 0 Å². The molecule has 0 spiro atoms. The van der Waals surface area contributed by atoms with Crippen LogP contribution in [-0.2, 0) is 0 Å². The number of unbranched alkanes of at least 4 members (excludes halogenated alkanes) is 7. The van der Waals surface area contributed by atoms with Crippen LogP contribution in [0.1, 0.15) is 126 Å². The van der Waals surface area contributed by atoms with E-state index in [1.165, 1.54) is 70.6 Å². The Bertz CT molecular complexity index is 68.1. The molecule has 0 saturated heterocycles. The number of hydrogen-bond acceptors (Lipinski definition) is 0. The van der Waals surface area contributed by atoms with E-state index in [0.717, 1.165) is 0 Å². The van der Waals surface area contributed by atoms with Gasteiger partial charge in [0.25, 0.3) is 0 Å². The molecule has 122 valence electrons. The maximum Gasteiger partial charge on any atom is -0.0533 e. The van der Waals surface area contributed by atoms with Crippen molar-refractivity contribution >= 4 is 0 Å². The van der Waals surface area contributed by atoms with E-state index in [2.05, 4.69) is 55.4 Å². The van der Waals surface area contributed by atoms with E-state index >= 15 is 0 Å². The molecule has 0 atom stereocenters. The molecule has 0 aliphatic heterocycles. The third-order valence-corrected chi connectivity index (χ3v) is 2.41. The van der Waals surface area contributed by atoms with Crippen molar-refractivity contribution in [2.24, 2.45) is 0 Å². The lowest BCUT2D eigenvalue weighted by atomic mass is 10.2. The Labute approximate surface area is 126 Å². The quantitative estimate of drug-likeness (QED) is 0.409. The molecule has 0 fully saturated rings.